The first-order chi connectivity index (χ1) is 11.2. The first kappa shape index (κ1) is 14.4. The molecule has 1 fully saturated rings. The number of nitrogens with one attached hydrogen (secondary N) is 1. The van der Waals surface area contributed by atoms with Gasteiger partial charge in [0.2, 0.25) is 0 Å². The number of para-hydroxylation sites is 2. The van der Waals surface area contributed by atoms with Gasteiger partial charge in [0.15, 0.2) is 0 Å². The highest BCUT2D eigenvalue weighted by Gasteiger charge is 2.32. The lowest BCUT2D eigenvalue weighted by Crippen LogP contribution is -2.22. The Bertz CT molecular complexity index is 777. The molecule has 3 heterocycles. The second-order valence-corrected chi connectivity index (χ2v) is 6.36. The molecule has 1 aromatic carbocycles. The summed E-state index contributed by atoms with van der Waals surface area (Å²) in [6, 6.07) is 9.96. The van der Waals surface area contributed by atoms with Crippen molar-refractivity contribution in [1.29, 1.82) is 0 Å². The molecular formula is C17H20N4O2. The molecule has 0 bridgehead atoms. The Morgan fingerprint density at radius 1 is 1.35 bits per heavy atom. The number of rotatable bonds is 4. The highest BCUT2D eigenvalue weighted by Crippen LogP contribution is 2.23. The van der Waals surface area contributed by atoms with Crippen molar-refractivity contribution in [3.63, 3.8) is 0 Å². The van der Waals surface area contributed by atoms with Gasteiger partial charge in [-0.1, -0.05) is 17.3 Å². The lowest BCUT2D eigenvalue weighted by atomic mass is 10.0. The summed E-state index contributed by atoms with van der Waals surface area (Å²) in [5.74, 6) is 1.96. The summed E-state index contributed by atoms with van der Waals surface area (Å²) in [6.45, 7) is 4.12. The van der Waals surface area contributed by atoms with Crippen molar-refractivity contribution in [3.8, 4) is 0 Å². The topological polar surface area (TPSA) is 78.2 Å². The maximum absolute atomic E-state index is 10.3. The highest BCUT2D eigenvalue weighted by molar-refractivity contribution is 5.74. The third kappa shape index (κ3) is 3.00. The molecule has 6 heteroatoms. The summed E-state index contributed by atoms with van der Waals surface area (Å²) in [4.78, 5) is 10.2. The van der Waals surface area contributed by atoms with Crippen molar-refractivity contribution in [3.05, 3.63) is 47.6 Å². The van der Waals surface area contributed by atoms with Crippen LogP contribution in [0.2, 0.25) is 0 Å². The average molecular weight is 312 g/mol. The van der Waals surface area contributed by atoms with E-state index in [0.29, 0.717) is 6.54 Å². The smallest absolute Gasteiger partial charge is 0.137 e. The number of aryl methyl sites for hydroxylation is 1. The van der Waals surface area contributed by atoms with Gasteiger partial charge in [-0.3, -0.25) is 4.90 Å². The molecule has 120 valence electrons. The van der Waals surface area contributed by atoms with Crippen molar-refractivity contribution in [2.75, 3.05) is 13.1 Å². The van der Waals surface area contributed by atoms with Crippen molar-refractivity contribution in [2.45, 2.75) is 26.0 Å². The molecule has 2 unspecified atom stereocenters. The third-order valence-corrected chi connectivity index (χ3v) is 4.43. The largest absolute Gasteiger partial charge is 0.391 e. The summed E-state index contributed by atoms with van der Waals surface area (Å²) in [7, 11) is 0. The molecule has 2 atom stereocenters. The molecule has 1 aliphatic heterocycles. The van der Waals surface area contributed by atoms with Crippen LogP contribution in [0.1, 0.15) is 17.3 Å². The number of β-amino-alcohol motifs (C(OH)–C–C–N with tert-alkyl or cyclic N) is 1. The second kappa shape index (κ2) is 5.79. The number of H-pyrrole nitrogens is 1. The first-order valence-electron chi connectivity index (χ1n) is 7.93. The van der Waals surface area contributed by atoms with E-state index in [1.807, 2.05) is 37.3 Å². The van der Waals surface area contributed by atoms with Crippen LogP contribution in [0, 0.1) is 12.8 Å². The number of benzene rings is 1. The molecule has 0 saturated carbocycles. The van der Waals surface area contributed by atoms with E-state index in [2.05, 4.69) is 20.0 Å². The zero-order valence-electron chi connectivity index (χ0n) is 13.1. The minimum Gasteiger partial charge on any atom is -0.391 e. The van der Waals surface area contributed by atoms with Gasteiger partial charge >= 0.3 is 0 Å². The minimum atomic E-state index is -0.343. The summed E-state index contributed by atoms with van der Waals surface area (Å²) in [5.41, 5.74) is 2.92. The van der Waals surface area contributed by atoms with Crippen LogP contribution in [-0.2, 0) is 13.0 Å². The van der Waals surface area contributed by atoms with E-state index in [0.717, 1.165) is 47.8 Å². The van der Waals surface area contributed by atoms with Gasteiger partial charge in [-0.15, -0.1) is 0 Å². The molecule has 0 radical (unpaired) electrons. The Labute approximate surface area is 134 Å². The minimum absolute atomic E-state index is 0.173. The summed E-state index contributed by atoms with van der Waals surface area (Å²) in [5, 5.41) is 14.2. The van der Waals surface area contributed by atoms with Crippen LogP contribution in [0.5, 0.6) is 0 Å². The Morgan fingerprint density at radius 3 is 3.00 bits per heavy atom. The van der Waals surface area contributed by atoms with E-state index in [1.54, 1.807) is 0 Å². The van der Waals surface area contributed by atoms with Gasteiger partial charge in [0.1, 0.15) is 11.6 Å². The van der Waals surface area contributed by atoms with Crippen LogP contribution >= 0.6 is 0 Å². The van der Waals surface area contributed by atoms with Crippen molar-refractivity contribution in [2.24, 2.45) is 5.92 Å². The quantitative estimate of drug-likeness (QED) is 0.769. The third-order valence-electron chi connectivity index (χ3n) is 4.43. The molecule has 0 spiro atoms. The van der Waals surface area contributed by atoms with Gasteiger partial charge in [-0.25, -0.2) is 4.98 Å². The van der Waals surface area contributed by atoms with Gasteiger partial charge < -0.3 is 14.6 Å². The molecule has 2 aromatic heterocycles. The van der Waals surface area contributed by atoms with E-state index in [-0.39, 0.29) is 12.0 Å². The summed E-state index contributed by atoms with van der Waals surface area (Å²) >= 11 is 0. The predicted molar refractivity (Wildman–Crippen MR) is 85.8 cm³/mol. The number of fused-ring (bicyclic) bond motifs is 1. The molecule has 1 aliphatic rings. The fourth-order valence-electron chi connectivity index (χ4n) is 3.33. The number of aliphatic hydroxyl groups is 1. The molecular weight excluding hydrogens is 292 g/mol. The van der Waals surface area contributed by atoms with Crippen LogP contribution in [0.25, 0.3) is 11.0 Å². The van der Waals surface area contributed by atoms with E-state index < -0.39 is 0 Å². The number of aromatic nitrogens is 3. The zero-order valence-corrected chi connectivity index (χ0v) is 13.1. The van der Waals surface area contributed by atoms with Crippen molar-refractivity contribution in [1.82, 2.24) is 20.0 Å². The first-order valence-corrected chi connectivity index (χ1v) is 7.93. The van der Waals surface area contributed by atoms with E-state index in [9.17, 15) is 5.11 Å². The average Bonchev–Trinajstić information content (AvgIpc) is 3.19. The number of hydrogen-bond donors (Lipinski definition) is 2. The lowest BCUT2D eigenvalue weighted by Gasteiger charge is -2.13. The Morgan fingerprint density at radius 2 is 2.22 bits per heavy atom. The SMILES string of the molecule is Cc1cc(CC2CN(Cc3nc4ccccc4[nH]3)CC2O)on1. The van der Waals surface area contributed by atoms with Crippen LogP contribution in [0.4, 0.5) is 0 Å². The maximum Gasteiger partial charge on any atom is 0.137 e. The van der Waals surface area contributed by atoms with Crippen LogP contribution in [0.3, 0.4) is 0 Å². The summed E-state index contributed by atoms with van der Waals surface area (Å²) in [6.07, 6.45) is 0.378. The van der Waals surface area contributed by atoms with E-state index in [4.69, 9.17) is 4.52 Å². The van der Waals surface area contributed by atoms with Crippen molar-refractivity contribution < 1.29 is 9.63 Å². The predicted octanol–water partition coefficient (Wildman–Crippen LogP) is 1.89. The highest BCUT2D eigenvalue weighted by atomic mass is 16.5. The lowest BCUT2D eigenvalue weighted by molar-refractivity contribution is 0.137. The van der Waals surface area contributed by atoms with Gasteiger partial charge in [-0.05, 0) is 19.1 Å². The molecule has 1 saturated heterocycles. The molecule has 2 N–H and O–H groups in total. The van der Waals surface area contributed by atoms with Crippen LogP contribution in [0.15, 0.2) is 34.9 Å². The fraction of sp³-hybridized carbons (Fsp3) is 0.412. The number of imidazole rings is 1. The number of likely N-dealkylation sites (tertiary alicyclic amines) is 1. The number of aliphatic hydroxyl groups excluding tert-OH is 1. The van der Waals surface area contributed by atoms with Gasteiger partial charge in [0.05, 0.1) is 29.4 Å². The Balaban J connectivity index is 1.42. The zero-order chi connectivity index (χ0) is 15.8. The number of aromatic amines is 1. The van der Waals surface area contributed by atoms with Gasteiger partial charge in [0.25, 0.3) is 0 Å². The molecule has 0 amide bonds. The van der Waals surface area contributed by atoms with E-state index in [1.165, 1.54) is 0 Å². The Kier molecular flexibility index (Phi) is 3.63. The van der Waals surface area contributed by atoms with E-state index >= 15 is 0 Å². The number of nitrogens with zero attached hydrogens (tertiary/aromatic N) is 3. The molecule has 6 nitrogen and oxygen atoms in total. The van der Waals surface area contributed by atoms with Crippen LogP contribution in [-0.4, -0.2) is 44.3 Å². The normalized spacial score (nSPS) is 22.2. The molecule has 4 rings (SSSR count). The number of hydrogen-bond acceptors (Lipinski definition) is 5. The summed E-state index contributed by atoms with van der Waals surface area (Å²) < 4.78 is 5.27. The Hall–Kier alpha value is -2.18. The molecule has 23 heavy (non-hydrogen) atoms. The van der Waals surface area contributed by atoms with Crippen molar-refractivity contribution >= 4 is 11.0 Å². The van der Waals surface area contributed by atoms with Gasteiger partial charge in [0, 0.05) is 31.5 Å². The molecule has 3 aromatic rings. The van der Waals surface area contributed by atoms with Crippen LogP contribution < -0.4 is 0 Å². The second-order valence-electron chi connectivity index (χ2n) is 6.36. The molecule has 0 aliphatic carbocycles. The monoisotopic (exact) mass is 312 g/mol. The van der Waals surface area contributed by atoms with Gasteiger partial charge in [-0.2, -0.15) is 0 Å². The fourth-order valence-corrected chi connectivity index (χ4v) is 3.33. The maximum atomic E-state index is 10.3. The standard InChI is InChI=1S/C17H20N4O2/c1-11-6-13(23-20-11)7-12-8-21(9-16(12)22)10-17-18-14-4-2-3-5-15(14)19-17/h2-6,12,16,22H,7-10H2,1H3,(H,18,19).